The Balaban J connectivity index is 1.87. The normalized spacial score (nSPS) is 22.5. The third-order valence-electron chi connectivity index (χ3n) is 2.76. The van der Waals surface area contributed by atoms with Crippen molar-refractivity contribution < 1.29 is 14.4 Å². The Labute approximate surface area is 95.0 Å². The molecule has 2 rings (SSSR count). The Morgan fingerprint density at radius 1 is 1.69 bits per heavy atom. The van der Waals surface area contributed by atoms with E-state index in [9.17, 15) is 5.11 Å². The van der Waals surface area contributed by atoms with Gasteiger partial charge >= 0.3 is 0 Å². The number of hydrogen-bond donors (Lipinski definition) is 1. The standard InChI is InChI=1S/C11H18N2O3/c1-15-8-11-5-9(12-16-11)6-13-4-2-3-10(14)7-13/h5,10,14H,2-4,6-8H2,1H3/t10-/m0/s1. The van der Waals surface area contributed by atoms with Crippen molar-refractivity contribution in [3.8, 4) is 0 Å². The van der Waals surface area contributed by atoms with Gasteiger partial charge in [-0.3, -0.25) is 4.90 Å². The minimum absolute atomic E-state index is 0.195. The first kappa shape index (κ1) is 11.6. The SMILES string of the molecule is COCc1cc(CN2CCC[C@H](O)C2)no1. The summed E-state index contributed by atoms with van der Waals surface area (Å²) in [4.78, 5) is 2.20. The van der Waals surface area contributed by atoms with E-state index in [2.05, 4.69) is 10.1 Å². The smallest absolute Gasteiger partial charge is 0.162 e. The molecular weight excluding hydrogens is 208 g/mol. The fourth-order valence-corrected chi connectivity index (χ4v) is 2.04. The van der Waals surface area contributed by atoms with Gasteiger partial charge in [-0.25, -0.2) is 0 Å². The minimum atomic E-state index is -0.195. The van der Waals surface area contributed by atoms with Crippen LogP contribution in [0.3, 0.4) is 0 Å². The number of likely N-dealkylation sites (tertiary alicyclic amines) is 1. The molecule has 0 aliphatic carbocycles. The van der Waals surface area contributed by atoms with E-state index in [0.29, 0.717) is 6.61 Å². The van der Waals surface area contributed by atoms with E-state index in [4.69, 9.17) is 9.26 Å². The number of aliphatic hydroxyl groups is 1. The van der Waals surface area contributed by atoms with Gasteiger partial charge in [0, 0.05) is 26.3 Å². The maximum absolute atomic E-state index is 9.54. The first-order valence-corrected chi connectivity index (χ1v) is 5.62. The lowest BCUT2D eigenvalue weighted by Gasteiger charge is -2.28. The molecule has 5 heteroatoms. The molecule has 0 saturated carbocycles. The molecular formula is C11H18N2O3. The number of ether oxygens (including phenoxy) is 1. The van der Waals surface area contributed by atoms with Gasteiger partial charge < -0.3 is 14.4 Å². The van der Waals surface area contributed by atoms with E-state index >= 15 is 0 Å². The average molecular weight is 226 g/mol. The third-order valence-corrected chi connectivity index (χ3v) is 2.76. The Morgan fingerprint density at radius 2 is 2.56 bits per heavy atom. The molecule has 5 nitrogen and oxygen atoms in total. The summed E-state index contributed by atoms with van der Waals surface area (Å²) in [7, 11) is 1.63. The first-order valence-electron chi connectivity index (χ1n) is 5.62. The second-order valence-electron chi connectivity index (χ2n) is 4.25. The average Bonchev–Trinajstić information content (AvgIpc) is 2.66. The largest absolute Gasteiger partial charge is 0.392 e. The molecule has 0 radical (unpaired) electrons. The van der Waals surface area contributed by atoms with Gasteiger partial charge in [0.25, 0.3) is 0 Å². The molecule has 90 valence electrons. The van der Waals surface area contributed by atoms with Gasteiger partial charge in [-0.1, -0.05) is 5.16 Å². The van der Waals surface area contributed by atoms with Gasteiger partial charge in [-0.05, 0) is 19.4 Å². The van der Waals surface area contributed by atoms with Gasteiger partial charge in [0.05, 0.1) is 11.8 Å². The topological polar surface area (TPSA) is 58.7 Å². The molecule has 1 aromatic rings. The maximum Gasteiger partial charge on any atom is 0.162 e. The van der Waals surface area contributed by atoms with Crippen LogP contribution in [0.1, 0.15) is 24.3 Å². The van der Waals surface area contributed by atoms with Crippen LogP contribution in [0.4, 0.5) is 0 Å². The number of aromatic nitrogens is 1. The quantitative estimate of drug-likeness (QED) is 0.822. The van der Waals surface area contributed by atoms with Gasteiger partial charge in [0.1, 0.15) is 6.61 Å². The molecule has 1 aliphatic heterocycles. The van der Waals surface area contributed by atoms with Crippen LogP contribution in [0.15, 0.2) is 10.6 Å². The number of aliphatic hydroxyl groups excluding tert-OH is 1. The number of piperidine rings is 1. The molecule has 0 bridgehead atoms. The van der Waals surface area contributed by atoms with Crippen LogP contribution < -0.4 is 0 Å². The second kappa shape index (κ2) is 5.43. The highest BCUT2D eigenvalue weighted by Crippen LogP contribution is 2.14. The first-order chi connectivity index (χ1) is 7.78. The lowest BCUT2D eigenvalue weighted by molar-refractivity contribution is 0.0656. The number of β-amino-alcohol motifs (C(OH)–C–C–N with tert-alkyl or cyclic N) is 1. The zero-order valence-corrected chi connectivity index (χ0v) is 9.56. The number of methoxy groups -OCH3 is 1. The molecule has 1 fully saturated rings. The van der Waals surface area contributed by atoms with Crippen LogP contribution in [0.25, 0.3) is 0 Å². The molecule has 1 saturated heterocycles. The van der Waals surface area contributed by atoms with E-state index in [-0.39, 0.29) is 6.10 Å². The Hall–Kier alpha value is -0.910. The predicted molar refractivity (Wildman–Crippen MR) is 57.7 cm³/mol. The second-order valence-corrected chi connectivity index (χ2v) is 4.25. The van der Waals surface area contributed by atoms with Crippen molar-refractivity contribution in [3.63, 3.8) is 0 Å². The molecule has 0 unspecified atom stereocenters. The summed E-state index contributed by atoms with van der Waals surface area (Å²) in [5.74, 6) is 0.745. The van der Waals surface area contributed by atoms with Crippen LogP contribution in [0.2, 0.25) is 0 Å². The summed E-state index contributed by atoms with van der Waals surface area (Å²) in [6.45, 7) is 2.94. The molecule has 0 aromatic carbocycles. The molecule has 1 aromatic heterocycles. The summed E-state index contributed by atoms with van der Waals surface area (Å²) in [5.41, 5.74) is 0.904. The van der Waals surface area contributed by atoms with Crippen molar-refractivity contribution >= 4 is 0 Å². The number of rotatable bonds is 4. The number of hydrogen-bond acceptors (Lipinski definition) is 5. The zero-order valence-electron chi connectivity index (χ0n) is 9.56. The summed E-state index contributed by atoms with van der Waals surface area (Å²) in [5, 5.41) is 13.5. The van der Waals surface area contributed by atoms with Crippen molar-refractivity contribution in [3.05, 3.63) is 17.5 Å². The van der Waals surface area contributed by atoms with Crippen LogP contribution in [-0.2, 0) is 17.9 Å². The maximum atomic E-state index is 9.54. The Kier molecular flexibility index (Phi) is 3.93. The monoisotopic (exact) mass is 226 g/mol. The zero-order chi connectivity index (χ0) is 11.4. The highest BCUT2D eigenvalue weighted by molar-refractivity contribution is 5.04. The fraction of sp³-hybridized carbons (Fsp3) is 0.727. The van der Waals surface area contributed by atoms with Crippen molar-refractivity contribution in [2.75, 3.05) is 20.2 Å². The number of nitrogens with zero attached hydrogens (tertiary/aromatic N) is 2. The summed E-state index contributed by atoms with van der Waals surface area (Å²) in [6, 6.07) is 1.91. The highest BCUT2D eigenvalue weighted by Gasteiger charge is 2.18. The Bertz CT molecular complexity index is 327. The van der Waals surface area contributed by atoms with E-state index in [1.807, 2.05) is 6.07 Å². The van der Waals surface area contributed by atoms with E-state index in [1.54, 1.807) is 7.11 Å². The van der Waals surface area contributed by atoms with Crippen LogP contribution >= 0.6 is 0 Å². The summed E-state index contributed by atoms with van der Waals surface area (Å²) < 4.78 is 10.1. The van der Waals surface area contributed by atoms with E-state index < -0.39 is 0 Å². The van der Waals surface area contributed by atoms with Gasteiger partial charge in [0.15, 0.2) is 5.76 Å². The van der Waals surface area contributed by atoms with Crippen molar-refractivity contribution in [2.45, 2.75) is 32.1 Å². The van der Waals surface area contributed by atoms with Crippen LogP contribution in [-0.4, -0.2) is 41.5 Å². The van der Waals surface area contributed by atoms with Gasteiger partial charge in [-0.15, -0.1) is 0 Å². The lowest BCUT2D eigenvalue weighted by atomic mass is 10.1. The minimum Gasteiger partial charge on any atom is -0.392 e. The summed E-state index contributed by atoms with van der Waals surface area (Å²) >= 11 is 0. The summed E-state index contributed by atoms with van der Waals surface area (Å²) in [6.07, 6.45) is 1.76. The lowest BCUT2D eigenvalue weighted by Crippen LogP contribution is -2.37. The highest BCUT2D eigenvalue weighted by atomic mass is 16.5. The molecule has 2 heterocycles. The van der Waals surface area contributed by atoms with E-state index in [0.717, 1.165) is 43.9 Å². The third kappa shape index (κ3) is 3.04. The van der Waals surface area contributed by atoms with Gasteiger partial charge in [-0.2, -0.15) is 0 Å². The van der Waals surface area contributed by atoms with Crippen molar-refractivity contribution in [2.24, 2.45) is 0 Å². The molecule has 1 aliphatic rings. The molecule has 1 N–H and O–H groups in total. The van der Waals surface area contributed by atoms with Gasteiger partial charge in [0.2, 0.25) is 0 Å². The predicted octanol–water partition coefficient (Wildman–Crippen LogP) is 0.778. The Morgan fingerprint density at radius 3 is 3.31 bits per heavy atom. The van der Waals surface area contributed by atoms with Crippen molar-refractivity contribution in [1.29, 1.82) is 0 Å². The van der Waals surface area contributed by atoms with E-state index in [1.165, 1.54) is 0 Å². The van der Waals surface area contributed by atoms with Crippen LogP contribution in [0.5, 0.6) is 0 Å². The molecule has 0 spiro atoms. The van der Waals surface area contributed by atoms with Crippen molar-refractivity contribution in [1.82, 2.24) is 10.1 Å². The molecule has 1 atom stereocenters. The van der Waals surface area contributed by atoms with Crippen LogP contribution in [0, 0.1) is 0 Å². The fourth-order valence-electron chi connectivity index (χ4n) is 2.04. The molecule has 16 heavy (non-hydrogen) atoms. The molecule has 0 amide bonds.